The zero-order valence-electron chi connectivity index (χ0n) is 9.27. The molecule has 3 rings (SSSR count). The van der Waals surface area contributed by atoms with Crippen LogP contribution in [0.15, 0.2) is 12.4 Å². The highest BCUT2D eigenvalue weighted by molar-refractivity contribution is 6.31. The van der Waals surface area contributed by atoms with Crippen molar-refractivity contribution in [1.29, 1.82) is 0 Å². The Labute approximate surface area is 101 Å². The molecule has 0 bridgehead atoms. The van der Waals surface area contributed by atoms with E-state index in [2.05, 4.69) is 14.9 Å². The number of halogens is 1. The third-order valence-electron chi connectivity index (χ3n) is 3.90. The van der Waals surface area contributed by atoms with Crippen LogP contribution in [-0.4, -0.2) is 22.6 Å². The number of nitrogens with zero attached hydrogens (tertiary/aromatic N) is 3. The van der Waals surface area contributed by atoms with Crippen molar-refractivity contribution >= 4 is 17.4 Å². The molecule has 1 aromatic rings. The molecule has 1 aliphatic heterocycles. The van der Waals surface area contributed by atoms with E-state index in [1.54, 1.807) is 12.4 Å². The van der Waals surface area contributed by atoms with Gasteiger partial charge in [-0.2, -0.15) is 0 Å². The van der Waals surface area contributed by atoms with Gasteiger partial charge in [0.05, 0.1) is 0 Å². The first kappa shape index (κ1) is 10.3. The fraction of sp³-hybridized carbons (Fsp3) is 0.667. The second-order valence-electron chi connectivity index (χ2n) is 4.76. The van der Waals surface area contributed by atoms with Gasteiger partial charge < -0.3 is 4.90 Å². The van der Waals surface area contributed by atoms with Crippen molar-refractivity contribution in [3.05, 3.63) is 17.5 Å². The van der Waals surface area contributed by atoms with Gasteiger partial charge in [0, 0.05) is 25.0 Å². The Bertz CT molecular complexity index is 382. The summed E-state index contributed by atoms with van der Waals surface area (Å²) in [5.74, 6) is 1.74. The van der Waals surface area contributed by atoms with Crippen LogP contribution in [0.4, 0.5) is 5.82 Å². The van der Waals surface area contributed by atoms with Crippen LogP contribution in [0.2, 0.25) is 5.15 Å². The van der Waals surface area contributed by atoms with Crippen LogP contribution in [0.1, 0.15) is 32.1 Å². The van der Waals surface area contributed by atoms with Crippen LogP contribution in [0.3, 0.4) is 0 Å². The third-order valence-corrected chi connectivity index (χ3v) is 4.17. The van der Waals surface area contributed by atoms with E-state index in [9.17, 15) is 0 Å². The fourth-order valence-corrected chi connectivity index (χ4v) is 3.44. The second kappa shape index (κ2) is 4.21. The average Bonchev–Trinajstić information content (AvgIpc) is 2.77. The van der Waals surface area contributed by atoms with E-state index in [1.807, 2.05) is 0 Å². The van der Waals surface area contributed by atoms with Gasteiger partial charge in [0.25, 0.3) is 0 Å². The van der Waals surface area contributed by atoms with Gasteiger partial charge in [-0.25, -0.2) is 9.97 Å². The Morgan fingerprint density at radius 3 is 2.81 bits per heavy atom. The molecule has 4 heteroatoms. The van der Waals surface area contributed by atoms with Gasteiger partial charge in [0.2, 0.25) is 0 Å². The van der Waals surface area contributed by atoms with Crippen LogP contribution in [0, 0.1) is 5.92 Å². The monoisotopic (exact) mass is 237 g/mol. The van der Waals surface area contributed by atoms with Crippen molar-refractivity contribution in [2.24, 2.45) is 5.92 Å². The summed E-state index contributed by atoms with van der Waals surface area (Å²) in [6.45, 7) is 1.08. The quantitative estimate of drug-likeness (QED) is 0.752. The smallest absolute Gasteiger partial charge is 0.171 e. The predicted molar refractivity (Wildman–Crippen MR) is 64.8 cm³/mol. The first-order valence-electron chi connectivity index (χ1n) is 6.09. The molecule has 2 heterocycles. The largest absolute Gasteiger partial charge is 0.351 e. The molecule has 1 saturated heterocycles. The number of anilines is 1. The number of fused-ring (bicyclic) bond motifs is 1. The van der Waals surface area contributed by atoms with E-state index in [1.165, 1.54) is 32.1 Å². The second-order valence-corrected chi connectivity index (χ2v) is 5.12. The average molecular weight is 238 g/mol. The van der Waals surface area contributed by atoms with E-state index in [0.29, 0.717) is 11.2 Å². The van der Waals surface area contributed by atoms with Crippen molar-refractivity contribution in [2.75, 3.05) is 11.4 Å². The van der Waals surface area contributed by atoms with Gasteiger partial charge in [-0.1, -0.05) is 18.0 Å². The van der Waals surface area contributed by atoms with E-state index in [4.69, 9.17) is 11.6 Å². The Balaban J connectivity index is 1.91. The van der Waals surface area contributed by atoms with Crippen LogP contribution >= 0.6 is 11.6 Å². The molecule has 16 heavy (non-hydrogen) atoms. The molecule has 2 unspecified atom stereocenters. The standard InChI is InChI=1S/C12H16ClN3/c13-11-12(15-7-6-14-11)16-8-2-4-9-3-1-5-10(9)16/h6-7,9-10H,1-5,8H2. The predicted octanol–water partition coefficient (Wildman–Crippen LogP) is 2.90. The number of rotatable bonds is 1. The summed E-state index contributed by atoms with van der Waals surface area (Å²) in [7, 11) is 0. The molecule has 0 aromatic carbocycles. The summed E-state index contributed by atoms with van der Waals surface area (Å²) >= 11 is 6.13. The van der Waals surface area contributed by atoms with Crippen molar-refractivity contribution in [1.82, 2.24) is 9.97 Å². The van der Waals surface area contributed by atoms with Gasteiger partial charge in [0.15, 0.2) is 11.0 Å². The Hall–Kier alpha value is -0.830. The highest BCUT2D eigenvalue weighted by atomic mass is 35.5. The Kier molecular flexibility index (Phi) is 2.72. The summed E-state index contributed by atoms with van der Waals surface area (Å²) < 4.78 is 0. The summed E-state index contributed by atoms with van der Waals surface area (Å²) in [6, 6.07) is 0.656. The first-order valence-corrected chi connectivity index (χ1v) is 6.47. The number of aromatic nitrogens is 2. The van der Waals surface area contributed by atoms with Crippen LogP contribution in [0.25, 0.3) is 0 Å². The van der Waals surface area contributed by atoms with Gasteiger partial charge in [0.1, 0.15) is 0 Å². The number of piperidine rings is 1. The SMILES string of the molecule is Clc1nccnc1N1CCCC2CCCC21. The van der Waals surface area contributed by atoms with E-state index in [0.717, 1.165) is 18.3 Å². The maximum atomic E-state index is 6.13. The van der Waals surface area contributed by atoms with Crippen LogP contribution in [-0.2, 0) is 0 Å². The van der Waals surface area contributed by atoms with Crippen molar-refractivity contribution < 1.29 is 0 Å². The molecule has 0 N–H and O–H groups in total. The molecule has 1 aromatic heterocycles. The lowest BCUT2D eigenvalue weighted by Crippen LogP contribution is -2.43. The molecular formula is C12H16ClN3. The number of hydrogen-bond acceptors (Lipinski definition) is 3. The minimum Gasteiger partial charge on any atom is -0.351 e. The molecule has 1 saturated carbocycles. The van der Waals surface area contributed by atoms with Crippen LogP contribution < -0.4 is 4.90 Å². The minimum absolute atomic E-state index is 0.551. The van der Waals surface area contributed by atoms with Gasteiger partial charge in [-0.15, -0.1) is 0 Å². The highest BCUT2D eigenvalue weighted by Crippen LogP contribution is 2.39. The highest BCUT2D eigenvalue weighted by Gasteiger charge is 2.36. The molecule has 3 nitrogen and oxygen atoms in total. The molecule has 0 amide bonds. The van der Waals surface area contributed by atoms with E-state index < -0.39 is 0 Å². The van der Waals surface area contributed by atoms with E-state index in [-0.39, 0.29) is 0 Å². The van der Waals surface area contributed by atoms with Crippen molar-refractivity contribution in [3.8, 4) is 0 Å². The minimum atomic E-state index is 0.551. The van der Waals surface area contributed by atoms with Gasteiger partial charge in [-0.3, -0.25) is 0 Å². The molecule has 2 atom stereocenters. The topological polar surface area (TPSA) is 29.0 Å². The summed E-state index contributed by atoms with van der Waals surface area (Å²) in [5.41, 5.74) is 0. The molecule has 86 valence electrons. The normalized spacial score (nSPS) is 29.2. The summed E-state index contributed by atoms with van der Waals surface area (Å²) in [4.78, 5) is 10.9. The number of hydrogen-bond donors (Lipinski definition) is 0. The summed E-state index contributed by atoms with van der Waals surface area (Å²) in [6.07, 6.45) is 10.0. The van der Waals surface area contributed by atoms with Crippen molar-refractivity contribution in [3.63, 3.8) is 0 Å². The van der Waals surface area contributed by atoms with Crippen LogP contribution in [0.5, 0.6) is 0 Å². The molecule has 2 aliphatic rings. The molecule has 1 aliphatic carbocycles. The molecule has 0 radical (unpaired) electrons. The Morgan fingerprint density at radius 2 is 1.94 bits per heavy atom. The van der Waals surface area contributed by atoms with E-state index >= 15 is 0 Å². The summed E-state index contributed by atoms with van der Waals surface area (Å²) in [5, 5.41) is 0.551. The maximum absolute atomic E-state index is 6.13. The van der Waals surface area contributed by atoms with Gasteiger partial charge in [-0.05, 0) is 31.6 Å². The fourth-order valence-electron chi connectivity index (χ4n) is 3.22. The van der Waals surface area contributed by atoms with Crippen molar-refractivity contribution in [2.45, 2.75) is 38.1 Å². The third kappa shape index (κ3) is 1.67. The zero-order chi connectivity index (χ0) is 11.0. The molecule has 2 fully saturated rings. The lowest BCUT2D eigenvalue weighted by atomic mass is 9.92. The zero-order valence-corrected chi connectivity index (χ0v) is 10.0. The lowest BCUT2D eigenvalue weighted by Gasteiger charge is -2.38. The molecular weight excluding hydrogens is 222 g/mol. The first-order chi connectivity index (χ1) is 7.86. The van der Waals surface area contributed by atoms with Gasteiger partial charge >= 0.3 is 0 Å². The lowest BCUT2D eigenvalue weighted by molar-refractivity contribution is 0.360. The maximum Gasteiger partial charge on any atom is 0.171 e. The molecule has 0 spiro atoms. The Morgan fingerprint density at radius 1 is 1.12 bits per heavy atom.